The van der Waals surface area contributed by atoms with E-state index in [4.69, 9.17) is 15.1 Å². The first kappa shape index (κ1) is 17.7. The van der Waals surface area contributed by atoms with Crippen molar-refractivity contribution < 1.29 is 4.90 Å². The van der Waals surface area contributed by atoms with Gasteiger partial charge in [-0.05, 0) is 24.6 Å². The summed E-state index contributed by atoms with van der Waals surface area (Å²) >= 11 is 1.83. The highest BCUT2D eigenvalue weighted by atomic mass is 32.1. The molecule has 5 heterocycles. The van der Waals surface area contributed by atoms with Gasteiger partial charge in [0.25, 0.3) is 0 Å². The molecule has 148 valence electrons. The maximum atomic E-state index is 4.92. The molecule has 7 heteroatoms. The highest BCUT2D eigenvalue weighted by molar-refractivity contribution is 7.19. The van der Waals surface area contributed by atoms with Gasteiger partial charge >= 0.3 is 0 Å². The number of nitrogens with one attached hydrogen (secondary N) is 1. The summed E-state index contributed by atoms with van der Waals surface area (Å²) in [5.41, 5.74) is 4.71. The summed E-state index contributed by atoms with van der Waals surface area (Å²) < 4.78 is 1.90. The Kier molecular flexibility index (Phi) is 4.11. The lowest BCUT2D eigenvalue weighted by Gasteiger charge is -2.24. The highest BCUT2D eigenvalue weighted by Crippen LogP contribution is 2.34. The molecule has 1 aromatic carbocycles. The van der Waals surface area contributed by atoms with E-state index in [-0.39, 0.29) is 0 Å². The van der Waals surface area contributed by atoms with Crippen LogP contribution in [0.4, 0.5) is 0 Å². The van der Waals surface area contributed by atoms with E-state index in [0.717, 1.165) is 53.7 Å². The van der Waals surface area contributed by atoms with Crippen molar-refractivity contribution in [3.63, 3.8) is 0 Å². The second-order valence-corrected chi connectivity index (χ2v) is 8.92. The van der Waals surface area contributed by atoms with Gasteiger partial charge in [-0.15, -0.1) is 16.4 Å². The number of benzene rings is 1. The van der Waals surface area contributed by atoms with Crippen LogP contribution in [0.2, 0.25) is 0 Å². The Morgan fingerprint density at radius 1 is 1.07 bits per heavy atom. The molecule has 1 aliphatic heterocycles. The molecule has 0 amide bonds. The maximum absolute atomic E-state index is 4.92. The van der Waals surface area contributed by atoms with Gasteiger partial charge in [0, 0.05) is 29.9 Å². The van der Waals surface area contributed by atoms with E-state index < -0.39 is 0 Å². The van der Waals surface area contributed by atoms with E-state index in [9.17, 15) is 0 Å². The van der Waals surface area contributed by atoms with Crippen LogP contribution < -0.4 is 4.90 Å². The number of fused-ring (bicyclic) bond motifs is 5. The van der Waals surface area contributed by atoms with Crippen molar-refractivity contribution in [3.8, 4) is 11.4 Å². The zero-order valence-corrected chi connectivity index (χ0v) is 17.5. The van der Waals surface area contributed by atoms with E-state index >= 15 is 0 Å². The maximum Gasteiger partial charge on any atom is 0.182 e. The fourth-order valence-electron chi connectivity index (χ4n) is 4.38. The van der Waals surface area contributed by atoms with Crippen LogP contribution in [0.1, 0.15) is 21.8 Å². The van der Waals surface area contributed by atoms with Crippen molar-refractivity contribution in [3.05, 3.63) is 76.7 Å². The van der Waals surface area contributed by atoms with Crippen LogP contribution in [0.25, 0.3) is 27.3 Å². The van der Waals surface area contributed by atoms with E-state index in [2.05, 4.69) is 35.3 Å². The van der Waals surface area contributed by atoms with Gasteiger partial charge in [-0.3, -0.25) is 4.98 Å². The molecule has 1 aliphatic rings. The van der Waals surface area contributed by atoms with Crippen molar-refractivity contribution in [2.45, 2.75) is 26.4 Å². The molecule has 0 fully saturated rings. The Morgan fingerprint density at radius 2 is 1.90 bits per heavy atom. The van der Waals surface area contributed by atoms with Gasteiger partial charge in [-0.2, -0.15) is 4.52 Å². The first-order valence-corrected chi connectivity index (χ1v) is 11.0. The second-order valence-electron chi connectivity index (χ2n) is 7.84. The molecule has 1 atom stereocenters. The summed E-state index contributed by atoms with van der Waals surface area (Å²) in [5, 5.41) is 5.93. The second kappa shape index (κ2) is 6.97. The van der Waals surface area contributed by atoms with Crippen molar-refractivity contribution in [1.82, 2.24) is 24.6 Å². The molecule has 0 spiro atoms. The molecule has 5 aromatic rings. The lowest BCUT2D eigenvalue weighted by Crippen LogP contribution is -3.10. The SMILES string of the molecule is Cc1nc2sc3c(c2c2nc(-c4ccncc4)nn12)CC[NH+](Cc1ccccc1)C3. The van der Waals surface area contributed by atoms with Crippen LogP contribution in [0.5, 0.6) is 0 Å². The first-order chi connectivity index (χ1) is 14.8. The molecular formula is C23H21N6S+. The minimum atomic E-state index is 0.724. The smallest absolute Gasteiger partial charge is 0.182 e. The number of quaternary nitrogens is 1. The summed E-state index contributed by atoms with van der Waals surface area (Å²) in [6.45, 7) is 5.23. The van der Waals surface area contributed by atoms with Crippen LogP contribution in [-0.4, -0.2) is 31.1 Å². The predicted octanol–water partition coefficient (Wildman–Crippen LogP) is 2.85. The molecule has 0 saturated heterocycles. The van der Waals surface area contributed by atoms with Crippen molar-refractivity contribution >= 4 is 27.2 Å². The summed E-state index contributed by atoms with van der Waals surface area (Å²) in [6.07, 6.45) is 4.60. The monoisotopic (exact) mass is 413 g/mol. The first-order valence-electron chi connectivity index (χ1n) is 10.2. The molecule has 0 saturated carbocycles. The molecule has 0 aliphatic carbocycles. The molecule has 6 nitrogen and oxygen atoms in total. The van der Waals surface area contributed by atoms with E-state index in [0.29, 0.717) is 0 Å². The van der Waals surface area contributed by atoms with Crippen molar-refractivity contribution in [1.29, 1.82) is 0 Å². The zero-order chi connectivity index (χ0) is 20.1. The van der Waals surface area contributed by atoms with Gasteiger partial charge in [0.2, 0.25) is 0 Å². The molecule has 1 unspecified atom stereocenters. The Hall–Kier alpha value is -3.16. The Labute approximate surface area is 177 Å². The number of thiophene rings is 1. The van der Waals surface area contributed by atoms with Crippen LogP contribution in [0.15, 0.2) is 54.9 Å². The fraction of sp³-hybridized carbons (Fsp3) is 0.217. The van der Waals surface area contributed by atoms with Gasteiger partial charge < -0.3 is 4.90 Å². The van der Waals surface area contributed by atoms with Crippen molar-refractivity contribution in [2.24, 2.45) is 0 Å². The quantitative estimate of drug-likeness (QED) is 0.494. The third-order valence-corrected chi connectivity index (χ3v) is 6.97. The highest BCUT2D eigenvalue weighted by Gasteiger charge is 2.27. The molecule has 1 N–H and O–H groups in total. The number of hydrogen-bond acceptors (Lipinski definition) is 5. The van der Waals surface area contributed by atoms with Gasteiger partial charge in [0.1, 0.15) is 23.7 Å². The normalized spacial score (nSPS) is 16.2. The summed E-state index contributed by atoms with van der Waals surface area (Å²) in [5.74, 6) is 1.60. The Morgan fingerprint density at radius 3 is 2.73 bits per heavy atom. The molecule has 0 radical (unpaired) electrons. The molecule has 0 bridgehead atoms. The third-order valence-electron chi connectivity index (χ3n) is 5.85. The fourth-order valence-corrected chi connectivity index (χ4v) is 5.72. The molecule has 4 aromatic heterocycles. The Balaban J connectivity index is 1.43. The Bertz CT molecular complexity index is 1360. The third kappa shape index (κ3) is 2.89. The van der Waals surface area contributed by atoms with Crippen LogP contribution in [0, 0.1) is 6.92 Å². The standard InChI is InChI=1S/C23H20N6S/c1-15-25-23-20(22-26-21(27-29(15)22)17-7-10-24-11-8-17)18-9-12-28(14-19(18)30-23)13-16-5-3-2-4-6-16/h2-8,10-11H,9,12-14H2,1H3/p+1. The average molecular weight is 414 g/mol. The summed E-state index contributed by atoms with van der Waals surface area (Å²) in [7, 11) is 0. The van der Waals surface area contributed by atoms with Gasteiger partial charge in [0.15, 0.2) is 11.5 Å². The van der Waals surface area contributed by atoms with Crippen LogP contribution in [0.3, 0.4) is 0 Å². The number of pyridine rings is 1. The number of aryl methyl sites for hydroxylation is 1. The van der Waals surface area contributed by atoms with Crippen LogP contribution in [-0.2, 0) is 19.5 Å². The zero-order valence-electron chi connectivity index (χ0n) is 16.7. The number of hydrogen-bond donors (Lipinski definition) is 1. The van der Waals surface area contributed by atoms with Crippen molar-refractivity contribution in [2.75, 3.05) is 6.54 Å². The molecular weight excluding hydrogens is 392 g/mol. The largest absolute Gasteiger partial charge is 0.326 e. The molecule has 6 rings (SSSR count). The van der Waals surface area contributed by atoms with E-state index in [1.165, 1.54) is 21.4 Å². The topological polar surface area (TPSA) is 60.4 Å². The van der Waals surface area contributed by atoms with E-state index in [1.807, 2.05) is 34.9 Å². The van der Waals surface area contributed by atoms with E-state index in [1.54, 1.807) is 17.3 Å². The minimum absolute atomic E-state index is 0.724. The lowest BCUT2D eigenvalue weighted by molar-refractivity contribution is -0.929. The summed E-state index contributed by atoms with van der Waals surface area (Å²) in [4.78, 5) is 18.0. The van der Waals surface area contributed by atoms with Gasteiger partial charge in [-0.25, -0.2) is 9.97 Å². The number of rotatable bonds is 3. The predicted molar refractivity (Wildman–Crippen MR) is 118 cm³/mol. The number of nitrogens with zero attached hydrogens (tertiary/aromatic N) is 5. The average Bonchev–Trinajstić information content (AvgIpc) is 3.36. The summed E-state index contributed by atoms with van der Waals surface area (Å²) in [6, 6.07) is 14.7. The van der Waals surface area contributed by atoms with Gasteiger partial charge in [0.05, 0.1) is 16.8 Å². The minimum Gasteiger partial charge on any atom is -0.326 e. The number of aromatic nitrogens is 5. The lowest BCUT2D eigenvalue weighted by atomic mass is 10.0. The molecule has 30 heavy (non-hydrogen) atoms. The van der Waals surface area contributed by atoms with Gasteiger partial charge in [-0.1, -0.05) is 30.3 Å². The van der Waals surface area contributed by atoms with Crippen LogP contribution >= 0.6 is 11.3 Å².